The van der Waals surface area contributed by atoms with Crippen molar-refractivity contribution in [3.05, 3.63) is 47.5 Å². The molecule has 2 aromatic rings. The summed E-state index contributed by atoms with van der Waals surface area (Å²) in [5.41, 5.74) is 6.63. The summed E-state index contributed by atoms with van der Waals surface area (Å²) < 4.78 is 5.79. The monoisotopic (exact) mass is 267 g/mol. The molecule has 0 saturated carbocycles. The Kier molecular flexibility index (Phi) is 3.64. The lowest BCUT2D eigenvalue weighted by Crippen LogP contribution is -1.97. The summed E-state index contributed by atoms with van der Waals surface area (Å²) in [6, 6.07) is 13.0. The minimum absolute atomic E-state index is 0.699. The average molecular weight is 267 g/mol. The number of anilines is 1. The predicted molar refractivity (Wildman–Crippen MR) is 84.6 cm³/mol. The van der Waals surface area contributed by atoms with Gasteiger partial charge in [-0.15, -0.1) is 0 Å². The highest BCUT2D eigenvalue weighted by Crippen LogP contribution is 2.37. The summed E-state index contributed by atoms with van der Waals surface area (Å²) in [5.74, 6) is 0.982. The second kappa shape index (κ2) is 5.58. The molecule has 0 amide bonds. The molecule has 3 rings (SSSR count). The molecule has 0 radical (unpaired) electrons. The second-order valence-corrected chi connectivity index (χ2v) is 5.13. The third-order valence-corrected chi connectivity index (χ3v) is 3.90. The molecule has 0 saturated heterocycles. The summed E-state index contributed by atoms with van der Waals surface area (Å²) in [7, 11) is 0. The van der Waals surface area contributed by atoms with E-state index in [0.717, 1.165) is 25.1 Å². The van der Waals surface area contributed by atoms with E-state index in [9.17, 15) is 0 Å². The van der Waals surface area contributed by atoms with E-state index in [0.29, 0.717) is 6.61 Å². The highest BCUT2D eigenvalue weighted by Gasteiger charge is 2.16. The molecule has 0 atom stereocenters. The van der Waals surface area contributed by atoms with Gasteiger partial charge in [0.1, 0.15) is 5.75 Å². The van der Waals surface area contributed by atoms with Gasteiger partial charge in [-0.2, -0.15) is 0 Å². The number of nitrogens with one attached hydrogen (secondary N) is 1. The largest absolute Gasteiger partial charge is 0.493 e. The van der Waals surface area contributed by atoms with Crippen LogP contribution in [0.15, 0.2) is 36.4 Å². The van der Waals surface area contributed by atoms with Crippen molar-refractivity contribution in [3.63, 3.8) is 0 Å². The molecule has 2 aromatic carbocycles. The molecule has 0 aromatic heterocycles. The maximum atomic E-state index is 5.79. The fraction of sp³-hybridized carbons (Fsp3) is 0.333. The molecule has 1 aliphatic rings. The number of hydrogen-bond acceptors (Lipinski definition) is 2. The van der Waals surface area contributed by atoms with Gasteiger partial charge in [0, 0.05) is 17.8 Å². The van der Waals surface area contributed by atoms with Crippen LogP contribution in [0.4, 0.5) is 5.69 Å². The third-order valence-electron chi connectivity index (χ3n) is 3.90. The standard InChI is InChI=1S/C18H21NO/c1-3-13-12-17-14(9-10-19-17)11-16(13)15-7-5-6-8-18(15)20-4-2/h5-8,11-12,19H,3-4,9-10H2,1-2H3. The van der Waals surface area contributed by atoms with Crippen LogP contribution in [0.5, 0.6) is 5.75 Å². The summed E-state index contributed by atoms with van der Waals surface area (Å²) in [6.45, 7) is 5.99. The normalized spacial score (nSPS) is 12.9. The number of ether oxygens (including phenoxy) is 1. The van der Waals surface area contributed by atoms with Gasteiger partial charge >= 0.3 is 0 Å². The number of hydrogen-bond donors (Lipinski definition) is 1. The first-order chi connectivity index (χ1) is 9.83. The van der Waals surface area contributed by atoms with Crippen LogP contribution in [0.2, 0.25) is 0 Å². The van der Waals surface area contributed by atoms with Gasteiger partial charge in [-0.1, -0.05) is 25.1 Å². The number of rotatable bonds is 4. The molecule has 0 unspecified atom stereocenters. The van der Waals surface area contributed by atoms with E-state index in [1.165, 1.54) is 27.9 Å². The van der Waals surface area contributed by atoms with E-state index >= 15 is 0 Å². The fourth-order valence-electron chi connectivity index (χ4n) is 2.91. The molecule has 1 aliphatic heterocycles. The molecule has 20 heavy (non-hydrogen) atoms. The predicted octanol–water partition coefficient (Wildman–Crippen LogP) is 4.28. The molecule has 1 heterocycles. The van der Waals surface area contributed by atoms with Gasteiger partial charge in [-0.3, -0.25) is 0 Å². The molecule has 1 N–H and O–H groups in total. The highest BCUT2D eigenvalue weighted by molar-refractivity contribution is 5.77. The topological polar surface area (TPSA) is 21.3 Å². The van der Waals surface area contributed by atoms with Crippen LogP contribution in [0.25, 0.3) is 11.1 Å². The third kappa shape index (κ3) is 2.26. The summed E-state index contributed by atoms with van der Waals surface area (Å²) in [5, 5.41) is 3.46. The molecular formula is C18H21NO. The Labute approximate surface area is 120 Å². The quantitative estimate of drug-likeness (QED) is 0.892. The van der Waals surface area contributed by atoms with Crippen molar-refractivity contribution in [2.24, 2.45) is 0 Å². The van der Waals surface area contributed by atoms with E-state index in [1.807, 2.05) is 13.0 Å². The van der Waals surface area contributed by atoms with E-state index in [4.69, 9.17) is 4.74 Å². The van der Waals surface area contributed by atoms with Gasteiger partial charge in [-0.25, -0.2) is 0 Å². The van der Waals surface area contributed by atoms with Gasteiger partial charge in [0.2, 0.25) is 0 Å². The van der Waals surface area contributed by atoms with Crippen molar-refractivity contribution < 1.29 is 4.74 Å². The van der Waals surface area contributed by atoms with Crippen LogP contribution in [-0.4, -0.2) is 13.2 Å². The summed E-state index contributed by atoms with van der Waals surface area (Å²) >= 11 is 0. The molecule has 0 spiro atoms. The van der Waals surface area contributed by atoms with Gasteiger partial charge in [0.15, 0.2) is 0 Å². The SMILES string of the molecule is CCOc1ccccc1-c1cc2c(cc1CC)NCC2. The van der Waals surface area contributed by atoms with Gasteiger partial charge in [0.25, 0.3) is 0 Å². The summed E-state index contributed by atoms with van der Waals surface area (Å²) in [4.78, 5) is 0. The molecule has 0 bridgehead atoms. The number of fused-ring (bicyclic) bond motifs is 1. The number of aryl methyl sites for hydroxylation is 1. The van der Waals surface area contributed by atoms with Crippen LogP contribution in [0.3, 0.4) is 0 Å². The summed E-state index contributed by atoms with van der Waals surface area (Å²) in [6.07, 6.45) is 2.15. The van der Waals surface area contributed by atoms with Gasteiger partial charge < -0.3 is 10.1 Å². The minimum Gasteiger partial charge on any atom is -0.493 e. The van der Waals surface area contributed by atoms with Crippen LogP contribution in [-0.2, 0) is 12.8 Å². The second-order valence-electron chi connectivity index (χ2n) is 5.13. The van der Waals surface area contributed by atoms with Crippen molar-refractivity contribution in [1.82, 2.24) is 0 Å². The Morgan fingerprint density at radius 1 is 1.10 bits per heavy atom. The van der Waals surface area contributed by atoms with Gasteiger partial charge in [-0.05, 0) is 54.7 Å². The minimum atomic E-state index is 0.699. The number of para-hydroxylation sites is 1. The Morgan fingerprint density at radius 3 is 2.75 bits per heavy atom. The zero-order valence-electron chi connectivity index (χ0n) is 12.2. The van der Waals surface area contributed by atoms with Crippen molar-refractivity contribution in [2.45, 2.75) is 26.7 Å². The average Bonchev–Trinajstić information content (AvgIpc) is 2.94. The first-order valence-corrected chi connectivity index (χ1v) is 7.45. The first-order valence-electron chi connectivity index (χ1n) is 7.45. The maximum Gasteiger partial charge on any atom is 0.127 e. The maximum absolute atomic E-state index is 5.79. The van der Waals surface area contributed by atoms with Crippen molar-refractivity contribution in [1.29, 1.82) is 0 Å². The van der Waals surface area contributed by atoms with E-state index < -0.39 is 0 Å². The highest BCUT2D eigenvalue weighted by atomic mass is 16.5. The van der Waals surface area contributed by atoms with Crippen LogP contribution in [0.1, 0.15) is 25.0 Å². The van der Waals surface area contributed by atoms with Crippen LogP contribution < -0.4 is 10.1 Å². The van der Waals surface area contributed by atoms with Crippen molar-refractivity contribution in [2.75, 3.05) is 18.5 Å². The lowest BCUT2D eigenvalue weighted by molar-refractivity contribution is 0.341. The Balaban J connectivity index is 2.14. The lowest BCUT2D eigenvalue weighted by Gasteiger charge is -2.15. The molecule has 2 heteroatoms. The van der Waals surface area contributed by atoms with E-state index in [2.05, 4.69) is 42.6 Å². The molecule has 0 aliphatic carbocycles. The Morgan fingerprint density at radius 2 is 1.95 bits per heavy atom. The zero-order valence-corrected chi connectivity index (χ0v) is 12.2. The molecule has 2 nitrogen and oxygen atoms in total. The number of benzene rings is 2. The van der Waals surface area contributed by atoms with Crippen LogP contribution in [0, 0.1) is 0 Å². The van der Waals surface area contributed by atoms with E-state index in [-0.39, 0.29) is 0 Å². The van der Waals surface area contributed by atoms with E-state index in [1.54, 1.807) is 0 Å². The Bertz CT molecular complexity index is 619. The Hall–Kier alpha value is -1.96. The first kappa shape index (κ1) is 13.0. The van der Waals surface area contributed by atoms with Gasteiger partial charge in [0.05, 0.1) is 6.61 Å². The van der Waals surface area contributed by atoms with Crippen molar-refractivity contribution >= 4 is 5.69 Å². The smallest absolute Gasteiger partial charge is 0.127 e. The van der Waals surface area contributed by atoms with Crippen LogP contribution >= 0.6 is 0 Å². The molecular weight excluding hydrogens is 246 g/mol. The fourth-order valence-corrected chi connectivity index (χ4v) is 2.91. The lowest BCUT2D eigenvalue weighted by atomic mass is 9.94. The zero-order chi connectivity index (χ0) is 13.9. The van der Waals surface area contributed by atoms with Crippen molar-refractivity contribution in [3.8, 4) is 16.9 Å². The molecule has 104 valence electrons. The molecule has 0 fully saturated rings.